The number of nitrogens with zero attached hydrogens (tertiary/aromatic N) is 1. The first-order valence-corrected chi connectivity index (χ1v) is 5.97. The lowest BCUT2D eigenvalue weighted by Gasteiger charge is -2.24. The lowest BCUT2D eigenvalue weighted by Crippen LogP contribution is -2.31. The van der Waals surface area contributed by atoms with Crippen LogP contribution in [0, 0.1) is 10.1 Å². The van der Waals surface area contributed by atoms with E-state index in [0.29, 0.717) is 12.8 Å². The quantitative estimate of drug-likeness (QED) is 0.589. The fraction of sp³-hybridized carbons (Fsp3) is 0.600. The lowest BCUT2D eigenvalue weighted by molar-refractivity contribution is -0.527. The molecule has 0 aliphatic heterocycles. The molecule has 4 nitrogen and oxygen atoms in total. The molecule has 0 N–H and O–H groups in total. The molecule has 1 aromatic rings. The molecular weight excluding hydrogens is 214 g/mol. The maximum Gasteiger partial charge on any atom is 0.213 e. The summed E-state index contributed by atoms with van der Waals surface area (Å²) in [6, 6.07) is 3.53. The summed E-state index contributed by atoms with van der Waals surface area (Å²) in [5.41, 5.74) is 0. The summed E-state index contributed by atoms with van der Waals surface area (Å²) >= 11 is 1.57. The van der Waals surface area contributed by atoms with Gasteiger partial charge in [-0.25, -0.2) is 0 Å². The van der Waals surface area contributed by atoms with E-state index in [0.717, 1.165) is 17.9 Å². The highest BCUT2D eigenvalue weighted by Gasteiger charge is 2.29. The zero-order valence-corrected chi connectivity index (χ0v) is 9.11. The van der Waals surface area contributed by atoms with Crippen LogP contribution < -0.4 is 4.74 Å². The summed E-state index contributed by atoms with van der Waals surface area (Å²) in [6.07, 6.45) is 3.04. The Morgan fingerprint density at radius 1 is 1.40 bits per heavy atom. The van der Waals surface area contributed by atoms with Crippen LogP contribution in [0.4, 0.5) is 0 Å². The fourth-order valence-corrected chi connectivity index (χ4v) is 2.51. The third-order valence-corrected chi connectivity index (χ3v) is 3.48. The van der Waals surface area contributed by atoms with E-state index < -0.39 is 0 Å². The van der Waals surface area contributed by atoms with Gasteiger partial charge in [-0.2, -0.15) is 0 Å². The maximum absolute atomic E-state index is 10.5. The summed E-state index contributed by atoms with van der Waals surface area (Å²) in [4.78, 5) is 10.4. The molecule has 2 rings (SSSR count). The van der Waals surface area contributed by atoms with Crippen molar-refractivity contribution in [3.05, 3.63) is 27.6 Å². The molecule has 0 radical (unpaired) electrons. The number of hydrogen-bond acceptors (Lipinski definition) is 4. The molecule has 0 amide bonds. The van der Waals surface area contributed by atoms with Crippen molar-refractivity contribution in [2.24, 2.45) is 0 Å². The molecule has 0 unspecified atom stereocenters. The second-order valence-electron chi connectivity index (χ2n) is 3.77. The van der Waals surface area contributed by atoms with Crippen molar-refractivity contribution >= 4 is 11.3 Å². The van der Waals surface area contributed by atoms with Crippen molar-refractivity contribution in [1.82, 2.24) is 0 Å². The van der Waals surface area contributed by atoms with Crippen molar-refractivity contribution in [2.45, 2.75) is 37.8 Å². The molecule has 1 saturated carbocycles. The van der Waals surface area contributed by atoms with E-state index >= 15 is 0 Å². The molecule has 82 valence electrons. The Kier molecular flexibility index (Phi) is 3.20. The average molecular weight is 227 g/mol. The van der Waals surface area contributed by atoms with E-state index in [1.165, 1.54) is 0 Å². The van der Waals surface area contributed by atoms with Gasteiger partial charge in [-0.1, -0.05) is 0 Å². The minimum absolute atomic E-state index is 0.165. The van der Waals surface area contributed by atoms with Crippen molar-refractivity contribution in [1.29, 1.82) is 0 Å². The van der Waals surface area contributed by atoms with Gasteiger partial charge in [0.25, 0.3) is 0 Å². The standard InChI is InChI=1S/C10H13NO3S/c12-11(13)8-3-5-9(6-4-8)14-10-2-1-7-15-10/h1-2,7-9H,3-6H2. The Hall–Kier alpha value is -1.10. The van der Waals surface area contributed by atoms with Crippen LogP contribution in [-0.2, 0) is 0 Å². The molecule has 0 aromatic carbocycles. The van der Waals surface area contributed by atoms with Gasteiger partial charge < -0.3 is 4.74 Å². The Bertz CT molecular complexity index is 317. The number of nitro groups is 1. The molecule has 1 heterocycles. The molecule has 15 heavy (non-hydrogen) atoms. The van der Waals surface area contributed by atoms with E-state index in [9.17, 15) is 10.1 Å². The first-order chi connectivity index (χ1) is 7.25. The Balaban J connectivity index is 1.81. The number of hydrogen-bond donors (Lipinski definition) is 0. The van der Waals surface area contributed by atoms with Gasteiger partial charge in [0, 0.05) is 17.8 Å². The number of rotatable bonds is 3. The molecule has 1 aromatic heterocycles. The fourth-order valence-electron chi connectivity index (χ4n) is 1.87. The van der Waals surface area contributed by atoms with Gasteiger partial charge in [0.2, 0.25) is 6.04 Å². The largest absolute Gasteiger partial charge is 0.481 e. The molecule has 1 aliphatic rings. The first kappa shape index (κ1) is 10.4. The molecule has 0 spiro atoms. The van der Waals surface area contributed by atoms with E-state index in [1.54, 1.807) is 11.3 Å². The molecular formula is C10H13NO3S. The monoisotopic (exact) mass is 227 g/mol. The maximum atomic E-state index is 10.5. The minimum atomic E-state index is -0.354. The summed E-state index contributed by atoms with van der Waals surface area (Å²) in [5.74, 6) is 0. The van der Waals surface area contributed by atoms with Crippen molar-refractivity contribution < 1.29 is 9.66 Å². The van der Waals surface area contributed by atoms with Crippen LogP contribution in [0.2, 0.25) is 0 Å². The van der Waals surface area contributed by atoms with Gasteiger partial charge in [-0.15, -0.1) is 11.3 Å². The van der Waals surface area contributed by atoms with Crippen LogP contribution in [0.3, 0.4) is 0 Å². The van der Waals surface area contributed by atoms with Gasteiger partial charge in [0.1, 0.15) is 6.10 Å². The molecule has 0 bridgehead atoms. The average Bonchev–Trinajstić information content (AvgIpc) is 2.71. The van der Waals surface area contributed by atoms with E-state index in [4.69, 9.17) is 4.74 Å². The smallest absolute Gasteiger partial charge is 0.213 e. The van der Waals surface area contributed by atoms with Gasteiger partial charge in [-0.05, 0) is 30.4 Å². The lowest BCUT2D eigenvalue weighted by atomic mass is 9.93. The summed E-state index contributed by atoms with van der Waals surface area (Å²) in [6.45, 7) is 0. The van der Waals surface area contributed by atoms with Gasteiger partial charge in [0.15, 0.2) is 5.06 Å². The summed E-state index contributed by atoms with van der Waals surface area (Å²) < 4.78 is 5.72. The summed E-state index contributed by atoms with van der Waals surface area (Å²) in [5, 5.41) is 13.4. The first-order valence-electron chi connectivity index (χ1n) is 5.09. The zero-order valence-electron chi connectivity index (χ0n) is 8.30. The second-order valence-corrected chi connectivity index (χ2v) is 4.68. The SMILES string of the molecule is O=[N+]([O-])C1CCC(Oc2cccs2)CC1. The number of thiophene rings is 1. The highest BCUT2D eigenvalue weighted by atomic mass is 32.1. The Morgan fingerprint density at radius 3 is 2.67 bits per heavy atom. The molecule has 0 saturated heterocycles. The van der Waals surface area contributed by atoms with E-state index in [-0.39, 0.29) is 17.1 Å². The summed E-state index contributed by atoms with van der Waals surface area (Å²) in [7, 11) is 0. The third kappa shape index (κ3) is 2.68. The van der Waals surface area contributed by atoms with Crippen LogP contribution in [-0.4, -0.2) is 17.1 Å². The minimum Gasteiger partial charge on any atom is -0.481 e. The molecule has 1 fully saturated rings. The van der Waals surface area contributed by atoms with Crippen LogP contribution >= 0.6 is 11.3 Å². The zero-order chi connectivity index (χ0) is 10.7. The van der Waals surface area contributed by atoms with Crippen LogP contribution in [0.1, 0.15) is 25.7 Å². The van der Waals surface area contributed by atoms with Gasteiger partial charge >= 0.3 is 0 Å². The third-order valence-electron chi connectivity index (χ3n) is 2.72. The number of ether oxygens (including phenoxy) is 1. The van der Waals surface area contributed by atoms with Crippen molar-refractivity contribution in [3.8, 4) is 5.06 Å². The molecule has 1 aliphatic carbocycles. The van der Waals surface area contributed by atoms with Crippen molar-refractivity contribution in [2.75, 3.05) is 0 Å². The van der Waals surface area contributed by atoms with E-state index in [1.807, 2.05) is 17.5 Å². The molecule has 0 atom stereocenters. The second kappa shape index (κ2) is 4.61. The van der Waals surface area contributed by atoms with Crippen molar-refractivity contribution in [3.63, 3.8) is 0 Å². The van der Waals surface area contributed by atoms with Crippen LogP contribution in [0.25, 0.3) is 0 Å². The highest BCUT2D eigenvalue weighted by molar-refractivity contribution is 7.11. The normalized spacial score (nSPS) is 26.1. The predicted octanol–water partition coefficient (Wildman–Crippen LogP) is 2.71. The molecule has 5 heteroatoms. The van der Waals surface area contributed by atoms with Crippen LogP contribution in [0.5, 0.6) is 5.06 Å². The topological polar surface area (TPSA) is 52.4 Å². The van der Waals surface area contributed by atoms with Crippen LogP contribution in [0.15, 0.2) is 17.5 Å². The van der Waals surface area contributed by atoms with Gasteiger partial charge in [0.05, 0.1) is 0 Å². The highest BCUT2D eigenvalue weighted by Crippen LogP contribution is 2.27. The Labute approximate surface area is 92.0 Å². The van der Waals surface area contributed by atoms with Gasteiger partial charge in [-0.3, -0.25) is 10.1 Å². The van der Waals surface area contributed by atoms with E-state index in [2.05, 4.69) is 0 Å². The predicted molar refractivity (Wildman–Crippen MR) is 58.0 cm³/mol. The Morgan fingerprint density at radius 2 is 2.13 bits per heavy atom.